The molecule has 0 aliphatic heterocycles. The third kappa shape index (κ3) is 1.69. The van der Waals surface area contributed by atoms with Crippen molar-refractivity contribution in [1.29, 1.82) is 0 Å². The number of hydrogen-bond donors (Lipinski definition) is 1. The van der Waals surface area contributed by atoms with E-state index in [4.69, 9.17) is 10.5 Å². The number of carbonyl (C=O) groups is 2. The Morgan fingerprint density at radius 3 is 2.42 bits per heavy atom. The normalized spacial score (nSPS) is 25.4. The first-order valence-corrected chi connectivity index (χ1v) is 6.00. The Kier molecular flexibility index (Phi) is 2.52. The summed E-state index contributed by atoms with van der Waals surface area (Å²) in [6, 6.07) is 6.85. The summed E-state index contributed by atoms with van der Waals surface area (Å²) in [5.74, 6) is -0.263. The maximum atomic E-state index is 12.4. The Hall–Kier alpha value is -2.04. The summed E-state index contributed by atoms with van der Waals surface area (Å²) < 4.78 is 5.19. The van der Waals surface area contributed by atoms with Crippen LogP contribution >= 0.6 is 0 Å². The summed E-state index contributed by atoms with van der Waals surface area (Å²) >= 11 is 0. The van der Waals surface area contributed by atoms with Crippen molar-refractivity contribution in [2.24, 2.45) is 5.73 Å². The number of ether oxygens (including phenoxy) is 1. The topological polar surface area (TPSA) is 69.4 Å². The van der Waals surface area contributed by atoms with E-state index >= 15 is 0 Å². The number of rotatable bonds is 1. The first-order chi connectivity index (χ1) is 9.06. The number of methoxy groups -OCH3 is 1. The van der Waals surface area contributed by atoms with E-state index in [0.29, 0.717) is 22.3 Å². The largest absolute Gasteiger partial charge is 0.360 e. The smallest absolute Gasteiger partial charge is 0.194 e. The van der Waals surface area contributed by atoms with Crippen molar-refractivity contribution < 1.29 is 14.3 Å². The van der Waals surface area contributed by atoms with E-state index in [1.165, 1.54) is 7.11 Å². The van der Waals surface area contributed by atoms with Gasteiger partial charge in [-0.1, -0.05) is 30.3 Å². The van der Waals surface area contributed by atoms with E-state index < -0.39 is 5.72 Å². The summed E-state index contributed by atoms with van der Waals surface area (Å²) in [4.78, 5) is 24.8. The van der Waals surface area contributed by atoms with Gasteiger partial charge in [-0.2, -0.15) is 0 Å². The molecule has 1 aromatic carbocycles. The van der Waals surface area contributed by atoms with Gasteiger partial charge in [-0.25, -0.2) is 0 Å². The lowest BCUT2D eigenvalue weighted by atomic mass is 9.78. The lowest BCUT2D eigenvalue weighted by molar-refractivity contribution is 0.0357. The van der Waals surface area contributed by atoms with Crippen molar-refractivity contribution in [1.82, 2.24) is 0 Å². The zero-order chi connectivity index (χ0) is 13.6. The molecule has 2 aliphatic rings. The zero-order valence-electron chi connectivity index (χ0n) is 10.5. The average molecular weight is 255 g/mol. The number of nitrogens with two attached hydrogens (primary N) is 1. The Morgan fingerprint density at radius 2 is 1.79 bits per heavy atom. The molecule has 2 N–H and O–H groups in total. The van der Waals surface area contributed by atoms with Gasteiger partial charge in [0, 0.05) is 35.8 Å². The molecular weight excluding hydrogens is 242 g/mol. The van der Waals surface area contributed by atoms with E-state index in [1.54, 1.807) is 36.4 Å². The van der Waals surface area contributed by atoms with Crippen LogP contribution < -0.4 is 5.73 Å². The van der Waals surface area contributed by atoms with E-state index in [1.807, 2.05) is 0 Å². The Morgan fingerprint density at radius 1 is 1.16 bits per heavy atom. The summed E-state index contributed by atoms with van der Waals surface area (Å²) in [6.07, 6.45) is 3.44. The van der Waals surface area contributed by atoms with Gasteiger partial charge >= 0.3 is 0 Å². The molecule has 0 amide bonds. The van der Waals surface area contributed by atoms with Crippen molar-refractivity contribution in [2.75, 3.05) is 7.11 Å². The van der Waals surface area contributed by atoms with Crippen LogP contribution in [0.1, 0.15) is 27.1 Å². The lowest BCUT2D eigenvalue weighted by Gasteiger charge is -2.31. The molecule has 3 rings (SSSR count). The van der Waals surface area contributed by atoms with Gasteiger partial charge in [-0.3, -0.25) is 15.3 Å². The molecule has 19 heavy (non-hydrogen) atoms. The highest BCUT2D eigenvalue weighted by molar-refractivity contribution is 6.28. The number of Topliss-reactive ketones (excluding diaryl/α,β-unsaturated/α-hetero) is 2. The van der Waals surface area contributed by atoms with Gasteiger partial charge in [-0.15, -0.1) is 0 Å². The molecule has 0 bridgehead atoms. The van der Waals surface area contributed by atoms with Crippen molar-refractivity contribution in [3.8, 4) is 0 Å². The molecule has 1 atom stereocenters. The number of carbonyl (C=O) groups excluding carboxylic acids is 2. The van der Waals surface area contributed by atoms with Crippen LogP contribution in [0.5, 0.6) is 0 Å². The molecule has 4 heteroatoms. The quantitative estimate of drug-likeness (QED) is 0.774. The standard InChI is InChI=1S/C15H13NO3/c1-19-15(16)7-6-11-12(8-15)14(18)10-5-3-2-4-9(10)13(11)17/h2-7H,8,16H2,1H3. The fourth-order valence-corrected chi connectivity index (χ4v) is 2.50. The number of fused-ring (bicyclic) bond motifs is 1. The van der Waals surface area contributed by atoms with E-state index in [0.717, 1.165) is 0 Å². The SMILES string of the molecule is COC1(N)C=CC2=C(C1)C(=O)c1ccccc1C2=O. The first-order valence-electron chi connectivity index (χ1n) is 6.00. The van der Waals surface area contributed by atoms with Gasteiger partial charge in [0.1, 0.15) is 5.72 Å². The van der Waals surface area contributed by atoms with Crippen LogP contribution in [0.4, 0.5) is 0 Å². The molecule has 0 spiro atoms. The van der Waals surface area contributed by atoms with Crippen molar-refractivity contribution in [3.63, 3.8) is 0 Å². The van der Waals surface area contributed by atoms with Crippen LogP contribution in [0.15, 0.2) is 47.6 Å². The monoisotopic (exact) mass is 255 g/mol. The summed E-state index contributed by atoms with van der Waals surface area (Å²) in [7, 11) is 1.49. The molecule has 2 aliphatic carbocycles. The van der Waals surface area contributed by atoms with Gasteiger partial charge in [0.15, 0.2) is 11.6 Å². The highest BCUT2D eigenvalue weighted by Gasteiger charge is 2.37. The van der Waals surface area contributed by atoms with Crippen LogP contribution in [0.25, 0.3) is 0 Å². The molecule has 96 valence electrons. The van der Waals surface area contributed by atoms with E-state index in [9.17, 15) is 9.59 Å². The molecule has 0 fully saturated rings. The molecule has 0 radical (unpaired) electrons. The molecule has 1 aromatic rings. The number of allylic oxidation sites excluding steroid dienone is 2. The predicted octanol–water partition coefficient (Wildman–Crippen LogP) is 1.62. The van der Waals surface area contributed by atoms with Crippen molar-refractivity contribution in [2.45, 2.75) is 12.1 Å². The fourth-order valence-electron chi connectivity index (χ4n) is 2.50. The summed E-state index contributed by atoms with van der Waals surface area (Å²) in [5, 5.41) is 0. The lowest BCUT2D eigenvalue weighted by Crippen LogP contribution is -2.43. The third-order valence-corrected chi connectivity index (χ3v) is 3.63. The molecule has 0 saturated heterocycles. The van der Waals surface area contributed by atoms with Crippen molar-refractivity contribution in [3.05, 3.63) is 58.7 Å². The molecule has 0 heterocycles. The average Bonchev–Trinajstić information content (AvgIpc) is 2.45. The maximum absolute atomic E-state index is 12.4. The van der Waals surface area contributed by atoms with Crippen LogP contribution in [0.3, 0.4) is 0 Å². The number of ketones is 2. The molecule has 0 saturated carbocycles. The van der Waals surface area contributed by atoms with Crippen LogP contribution in [-0.4, -0.2) is 24.4 Å². The molecule has 0 aromatic heterocycles. The third-order valence-electron chi connectivity index (χ3n) is 3.63. The number of benzene rings is 1. The van der Waals surface area contributed by atoms with Crippen LogP contribution in [0, 0.1) is 0 Å². The van der Waals surface area contributed by atoms with Crippen LogP contribution in [-0.2, 0) is 4.74 Å². The summed E-state index contributed by atoms with van der Waals surface area (Å²) in [6.45, 7) is 0. The molecule has 4 nitrogen and oxygen atoms in total. The van der Waals surface area contributed by atoms with Gasteiger partial charge < -0.3 is 4.74 Å². The van der Waals surface area contributed by atoms with E-state index in [2.05, 4.69) is 0 Å². The minimum Gasteiger partial charge on any atom is -0.360 e. The Balaban J connectivity index is 2.15. The second kappa shape index (κ2) is 3.98. The molecule has 1 unspecified atom stereocenters. The highest BCUT2D eigenvalue weighted by Crippen LogP contribution is 2.34. The minimum absolute atomic E-state index is 0.125. The Labute approximate surface area is 110 Å². The minimum atomic E-state index is -1.01. The summed E-state index contributed by atoms with van der Waals surface area (Å²) in [5.41, 5.74) is 6.75. The Bertz CT molecular complexity index is 657. The van der Waals surface area contributed by atoms with E-state index in [-0.39, 0.29) is 18.0 Å². The highest BCUT2D eigenvalue weighted by atomic mass is 16.5. The van der Waals surface area contributed by atoms with Gasteiger partial charge in [-0.05, 0) is 6.08 Å². The second-order valence-corrected chi connectivity index (χ2v) is 4.77. The molecular formula is C15H13NO3. The van der Waals surface area contributed by atoms with Gasteiger partial charge in [0.05, 0.1) is 0 Å². The first kappa shape index (κ1) is 12.0. The van der Waals surface area contributed by atoms with Crippen molar-refractivity contribution >= 4 is 11.6 Å². The zero-order valence-corrected chi connectivity index (χ0v) is 10.5. The van der Waals surface area contributed by atoms with Gasteiger partial charge in [0.25, 0.3) is 0 Å². The second-order valence-electron chi connectivity index (χ2n) is 4.77. The predicted molar refractivity (Wildman–Crippen MR) is 69.8 cm³/mol. The fraction of sp³-hybridized carbons (Fsp3) is 0.200. The maximum Gasteiger partial charge on any atom is 0.194 e. The van der Waals surface area contributed by atoms with Gasteiger partial charge in [0.2, 0.25) is 0 Å². The van der Waals surface area contributed by atoms with Crippen LogP contribution in [0.2, 0.25) is 0 Å². The number of hydrogen-bond acceptors (Lipinski definition) is 4.